The van der Waals surface area contributed by atoms with Gasteiger partial charge in [-0.1, -0.05) is 62.4 Å². The van der Waals surface area contributed by atoms with Crippen LogP contribution in [0.2, 0.25) is 0 Å². The Morgan fingerprint density at radius 3 is 2.16 bits per heavy atom. The van der Waals surface area contributed by atoms with Gasteiger partial charge in [-0.05, 0) is 28.7 Å². The zero-order valence-corrected chi connectivity index (χ0v) is 18.3. The van der Waals surface area contributed by atoms with Crippen molar-refractivity contribution in [1.29, 1.82) is 0 Å². The minimum absolute atomic E-state index is 0.0439. The van der Waals surface area contributed by atoms with Gasteiger partial charge in [0, 0.05) is 24.9 Å². The number of aliphatic carboxylic acids is 1. The molecule has 2 unspecified atom stereocenters. The number of carbonyl (C=O) groups excluding carboxylic acids is 2. The average molecular weight is 437 g/mol. The van der Waals surface area contributed by atoms with Crippen molar-refractivity contribution in [3.63, 3.8) is 0 Å². The van der Waals surface area contributed by atoms with E-state index in [1.165, 1.54) is 0 Å². The van der Waals surface area contributed by atoms with Crippen LogP contribution in [-0.2, 0) is 14.3 Å². The Hall–Kier alpha value is -3.35. The highest BCUT2D eigenvalue weighted by Crippen LogP contribution is 2.44. The SMILES string of the molecule is CCC(NC(=O)OCC1c2ccccc2-c2ccccc21)C(=O)N1CC(C(C)C(=O)O)C1. The number of carboxylic acids is 1. The van der Waals surface area contributed by atoms with Crippen LogP contribution in [0.4, 0.5) is 4.79 Å². The quantitative estimate of drug-likeness (QED) is 0.693. The minimum atomic E-state index is -0.856. The van der Waals surface area contributed by atoms with Crippen molar-refractivity contribution < 1.29 is 24.2 Å². The van der Waals surface area contributed by atoms with Crippen LogP contribution in [0.25, 0.3) is 11.1 Å². The van der Waals surface area contributed by atoms with Gasteiger partial charge in [-0.3, -0.25) is 9.59 Å². The van der Waals surface area contributed by atoms with E-state index in [0.29, 0.717) is 19.5 Å². The lowest BCUT2D eigenvalue weighted by Gasteiger charge is -2.42. The molecule has 2 aliphatic rings. The van der Waals surface area contributed by atoms with Gasteiger partial charge in [0.25, 0.3) is 0 Å². The molecule has 2 aromatic rings. The highest BCUT2D eigenvalue weighted by atomic mass is 16.5. The summed E-state index contributed by atoms with van der Waals surface area (Å²) in [5.74, 6) is -1.64. The number of hydrogen-bond donors (Lipinski definition) is 2. The molecule has 7 nitrogen and oxygen atoms in total. The van der Waals surface area contributed by atoms with Crippen LogP contribution in [-0.4, -0.2) is 53.7 Å². The number of benzene rings is 2. The highest BCUT2D eigenvalue weighted by molar-refractivity contribution is 5.86. The first kappa shape index (κ1) is 21.9. The Labute approximate surface area is 187 Å². The summed E-state index contributed by atoms with van der Waals surface area (Å²) in [6.07, 6.45) is -0.193. The van der Waals surface area contributed by atoms with E-state index in [9.17, 15) is 14.4 Å². The summed E-state index contributed by atoms with van der Waals surface area (Å²) in [4.78, 5) is 37.9. The maximum Gasteiger partial charge on any atom is 0.407 e. The Kier molecular flexibility index (Phi) is 6.17. The molecule has 1 heterocycles. The van der Waals surface area contributed by atoms with Crippen molar-refractivity contribution >= 4 is 18.0 Å². The number of carboxylic acid groups (broad SMARTS) is 1. The van der Waals surface area contributed by atoms with Gasteiger partial charge in [-0.2, -0.15) is 0 Å². The first-order valence-electron chi connectivity index (χ1n) is 11.0. The molecule has 2 N–H and O–H groups in total. The van der Waals surface area contributed by atoms with Crippen molar-refractivity contribution in [2.75, 3.05) is 19.7 Å². The third-order valence-electron chi connectivity index (χ3n) is 6.66. The maximum atomic E-state index is 12.7. The first-order chi connectivity index (χ1) is 15.4. The number of nitrogens with zero attached hydrogens (tertiary/aromatic N) is 1. The molecule has 0 spiro atoms. The van der Waals surface area contributed by atoms with Crippen LogP contribution in [0.15, 0.2) is 48.5 Å². The fraction of sp³-hybridized carbons (Fsp3) is 0.400. The summed E-state index contributed by atoms with van der Waals surface area (Å²) in [6.45, 7) is 4.46. The largest absolute Gasteiger partial charge is 0.481 e. The Bertz CT molecular complexity index is 985. The average Bonchev–Trinajstić information content (AvgIpc) is 3.08. The molecule has 0 saturated carbocycles. The predicted molar refractivity (Wildman–Crippen MR) is 119 cm³/mol. The second-order valence-corrected chi connectivity index (χ2v) is 8.56. The second-order valence-electron chi connectivity index (χ2n) is 8.56. The summed E-state index contributed by atoms with van der Waals surface area (Å²) >= 11 is 0. The van der Waals surface area contributed by atoms with E-state index in [1.54, 1.807) is 11.8 Å². The summed E-state index contributed by atoms with van der Waals surface area (Å²) < 4.78 is 5.55. The van der Waals surface area contributed by atoms with Crippen molar-refractivity contribution in [1.82, 2.24) is 10.2 Å². The lowest BCUT2D eigenvalue weighted by Crippen LogP contribution is -2.58. The fourth-order valence-corrected chi connectivity index (χ4v) is 4.55. The first-order valence-corrected chi connectivity index (χ1v) is 11.0. The van der Waals surface area contributed by atoms with Crippen molar-refractivity contribution in [3.05, 3.63) is 59.7 Å². The molecule has 1 fully saturated rings. The number of nitrogens with one attached hydrogen (secondary N) is 1. The number of alkyl carbamates (subject to hydrolysis) is 1. The molecule has 168 valence electrons. The number of rotatable bonds is 7. The van der Waals surface area contributed by atoms with Crippen molar-refractivity contribution in [2.45, 2.75) is 32.2 Å². The number of fused-ring (bicyclic) bond motifs is 3. The summed E-state index contributed by atoms with van der Waals surface area (Å²) in [6, 6.07) is 15.5. The molecule has 2 atom stereocenters. The van der Waals surface area contributed by atoms with E-state index in [2.05, 4.69) is 29.6 Å². The van der Waals surface area contributed by atoms with Crippen LogP contribution < -0.4 is 5.32 Å². The van der Waals surface area contributed by atoms with E-state index in [-0.39, 0.29) is 24.3 Å². The molecular formula is C25H28N2O5. The maximum absolute atomic E-state index is 12.7. The molecule has 0 aromatic heterocycles. The third-order valence-corrected chi connectivity index (χ3v) is 6.66. The molecule has 2 amide bonds. The van der Waals surface area contributed by atoms with Gasteiger partial charge in [-0.15, -0.1) is 0 Å². The van der Waals surface area contributed by atoms with Crippen LogP contribution >= 0.6 is 0 Å². The van der Waals surface area contributed by atoms with E-state index in [4.69, 9.17) is 9.84 Å². The molecule has 2 aromatic carbocycles. The van der Waals surface area contributed by atoms with E-state index >= 15 is 0 Å². The number of carbonyl (C=O) groups is 3. The van der Waals surface area contributed by atoms with Crippen LogP contribution in [0.1, 0.15) is 37.3 Å². The smallest absolute Gasteiger partial charge is 0.407 e. The second kappa shape index (κ2) is 9.02. The van der Waals surface area contributed by atoms with Gasteiger partial charge in [0.2, 0.25) is 5.91 Å². The van der Waals surface area contributed by atoms with Gasteiger partial charge in [-0.25, -0.2) is 4.79 Å². The van der Waals surface area contributed by atoms with Crippen molar-refractivity contribution in [3.8, 4) is 11.1 Å². The van der Waals surface area contributed by atoms with E-state index < -0.39 is 24.0 Å². The lowest BCUT2D eigenvalue weighted by atomic mass is 9.86. The normalized spacial score (nSPS) is 17.0. The Balaban J connectivity index is 1.34. The highest BCUT2D eigenvalue weighted by Gasteiger charge is 2.39. The molecule has 1 saturated heterocycles. The summed E-state index contributed by atoms with van der Waals surface area (Å²) in [5, 5.41) is 11.8. The number of hydrogen-bond acceptors (Lipinski definition) is 4. The molecule has 1 aliphatic heterocycles. The Morgan fingerprint density at radius 2 is 1.62 bits per heavy atom. The van der Waals surface area contributed by atoms with Gasteiger partial charge in [0.15, 0.2) is 0 Å². The monoisotopic (exact) mass is 436 g/mol. The number of amides is 2. The molecule has 1 aliphatic carbocycles. The minimum Gasteiger partial charge on any atom is -0.481 e. The zero-order valence-electron chi connectivity index (χ0n) is 18.3. The summed E-state index contributed by atoms with van der Waals surface area (Å²) in [7, 11) is 0. The predicted octanol–water partition coefficient (Wildman–Crippen LogP) is 3.48. The molecular weight excluding hydrogens is 408 g/mol. The summed E-state index contributed by atoms with van der Waals surface area (Å²) in [5.41, 5.74) is 4.57. The number of ether oxygens (including phenoxy) is 1. The van der Waals surface area contributed by atoms with E-state index in [1.807, 2.05) is 31.2 Å². The van der Waals surface area contributed by atoms with Crippen molar-refractivity contribution in [2.24, 2.45) is 11.8 Å². The Morgan fingerprint density at radius 1 is 1.06 bits per heavy atom. The molecule has 32 heavy (non-hydrogen) atoms. The lowest BCUT2D eigenvalue weighted by molar-refractivity contribution is -0.151. The van der Waals surface area contributed by atoms with Crippen LogP contribution in [0, 0.1) is 11.8 Å². The van der Waals surface area contributed by atoms with Gasteiger partial charge < -0.3 is 20.1 Å². The van der Waals surface area contributed by atoms with Crippen LogP contribution in [0.3, 0.4) is 0 Å². The molecule has 0 radical (unpaired) electrons. The molecule has 7 heteroatoms. The molecule has 4 rings (SSSR count). The van der Waals surface area contributed by atoms with Crippen LogP contribution in [0.5, 0.6) is 0 Å². The van der Waals surface area contributed by atoms with Gasteiger partial charge in [0.05, 0.1) is 5.92 Å². The standard InChI is InChI=1S/C25H28N2O5/c1-3-22(23(28)27-12-16(13-27)15(2)24(29)30)26-25(31)32-14-21-19-10-6-4-8-17(19)18-9-5-7-11-20(18)21/h4-11,15-16,21-22H,3,12-14H2,1-2H3,(H,26,31)(H,29,30). The third kappa shape index (κ3) is 4.07. The van der Waals surface area contributed by atoms with Gasteiger partial charge in [0.1, 0.15) is 12.6 Å². The van der Waals surface area contributed by atoms with E-state index in [0.717, 1.165) is 22.3 Å². The zero-order chi connectivity index (χ0) is 22.8. The molecule has 0 bridgehead atoms. The fourth-order valence-electron chi connectivity index (χ4n) is 4.55. The number of likely N-dealkylation sites (tertiary alicyclic amines) is 1. The van der Waals surface area contributed by atoms with Gasteiger partial charge >= 0.3 is 12.1 Å². The topological polar surface area (TPSA) is 95.9 Å².